The summed E-state index contributed by atoms with van der Waals surface area (Å²) < 4.78 is 0. The Bertz CT molecular complexity index is 856. The second-order valence-electron chi connectivity index (χ2n) is 9.40. The number of allylic oxidation sites excluding steroid dienone is 4. The van der Waals surface area contributed by atoms with E-state index in [0.29, 0.717) is 11.2 Å². The van der Waals surface area contributed by atoms with E-state index in [0.717, 1.165) is 12.0 Å². The van der Waals surface area contributed by atoms with Crippen molar-refractivity contribution in [2.24, 2.45) is 5.41 Å². The van der Waals surface area contributed by atoms with E-state index < -0.39 is 0 Å². The quantitative estimate of drug-likeness (QED) is 0.215. The van der Waals surface area contributed by atoms with E-state index in [2.05, 4.69) is 76.7 Å². The molecule has 0 amide bonds. The number of benzene rings is 3. The summed E-state index contributed by atoms with van der Waals surface area (Å²) in [5.74, 6) is 0.345. The van der Waals surface area contributed by atoms with Crippen LogP contribution in [0.1, 0.15) is 53.5 Å². The molecule has 1 aliphatic rings. The van der Waals surface area contributed by atoms with Crippen molar-refractivity contribution in [3.8, 4) is 5.75 Å². The molecular formula is C32H41Cl2OTi-3. The molecule has 0 atom stereocenters. The molecule has 3 aromatic rings. The summed E-state index contributed by atoms with van der Waals surface area (Å²) in [4.78, 5) is 3.25. The number of hydrogen-bond donors (Lipinski definition) is 1. The standard InChI is InChI=1S/C10H14O.C9H13.2C6H5.CH2.2ClH.Ti/c1-10(2,3)8-5-4-6-9(11)7-8;1-9(2,3)8-6-4-5-7-8;2*1-2-4-6-5-3-1;;;;/h4-7,11H,1-3H3;4,6H,5H2,1-3H3;2*1-5H;1H2;2*1H;/q;3*-1;;;;. The van der Waals surface area contributed by atoms with Crippen molar-refractivity contribution < 1.29 is 25.1 Å². The van der Waals surface area contributed by atoms with E-state index in [1.165, 1.54) is 5.57 Å². The Kier molecular flexibility index (Phi) is 23.9. The third kappa shape index (κ3) is 20.3. The fraction of sp³-hybridized carbons (Fsp3) is 0.281. The van der Waals surface area contributed by atoms with E-state index in [1.807, 2.05) is 72.8 Å². The van der Waals surface area contributed by atoms with Crippen molar-refractivity contribution in [2.75, 3.05) is 0 Å². The van der Waals surface area contributed by atoms with Crippen LogP contribution in [-0.4, -0.2) is 9.92 Å². The van der Waals surface area contributed by atoms with Gasteiger partial charge in [0.2, 0.25) is 0 Å². The second-order valence-corrected chi connectivity index (χ2v) is 9.40. The second kappa shape index (κ2) is 22.3. The van der Waals surface area contributed by atoms with Crippen LogP contribution in [-0.2, 0) is 25.4 Å². The molecule has 4 heteroatoms. The van der Waals surface area contributed by atoms with Crippen molar-refractivity contribution in [3.05, 3.63) is 126 Å². The maximum atomic E-state index is 9.18. The fourth-order valence-electron chi connectivity index (χ4n) is 2.58. The van der Waals surface area contributed by atoms with Gasteiger partial charge in [-0.25, -0.2) is 11.6 Å². The number of phenolic OH excluding ortho intramolecular Hbond substituents is 1. The van der Waals surface area contributed by atoms with Gasteiger partial charge in [-0.1, -0.05) is 53.7 Å². The first-order valence-corrected chi connectivity index (χ1v) is 12.5. The molecule has 0 fully saturated rings. The zero-order valence-electron chi connectivity index (χ0n) is 22.4. The maximum absolute atomic E-state index is 9.18. The Morgan fingerprint density at radius 1 is 0.722 bits per heavy atom. The first kappa shape index (κ1) is 38.6. The van der Waals surface area contributed by atoms with Gasteiger partial charge in [0.25, 0.3) is 0 Å². The molecule has 0 radical (unpaired) electrons. The van der Waals surface area contributed by atoms with Gasteiger partial charge in [0, 0.05) is 0 Å². The maximum Gasteiger partial charge on any atom is -0.171 e. The molecule has 1 nitrogen and oxygen atoms in total. The molecule has 3 aromatic carbocycles. The number of halogens is 2. The van der Waals surface area contributed by atoms with E-state index >= 15 is 0 Å². The Hall–Kier alpha value is -1.90. The minimum atomic E-state index is 0. The van der Waals surface area contributed by atoms with Crippen LogP contribution in [0.2, 0.25) is 0 Å². The Labute approximate surface area is 244 Å². The van der Waals surface area contributed by atoms with Gasteiger partial charge in [-0.05, 0) is 28.5 Å². The van der Waals surface area contributed by atoms with Gasteiger partial charge < -0.3 is 5.11 Å². The van der Waals surface area contributed by atoms with Crippen LogP contribution in [0.25, 0.3) is 0 Å². The fourth-order valence-corrected chi connectivity index (χ4v) is 2.58. The zero-order chi connectivity index (χ0) is 25.9. The molecule has 0 saturated carbocycles. The van der Waals surface area contributed by atoms with Gasteiger partial charge in [-0.2, -0.15) is 78.9 Å². The van der Waals surface area contributed by atoms with Crippen LogP contribution in [0.15, 0.2) is 103 Å². The molecule has 0 heterocycles. The number of rotatable bonds is 0. The molecule has 1 N–H and O–H groups in total. The van der Waals surface area contributed by atoms with Gasteiger partial charge in [-0.3, -0.25) is 6.08 Å². The molecule has 36 heavy (non-hydrogen) atoms. The smallest absolute Gasteiger partial charge is 0.171 e. The summed E-state index contributed by atoms with van der Waals surface area (Å²) in [6.45, 7) is 13.0. The summed E-state index contributed by atoms with van der Waals surface area (Å²) in [6, 6.07) is 32.4. The molecule has 0 aliphatic heterocycles. The molecule has 1 aliphatic carbocycles. The normalized spacial score (nSPS) is 10.9. The minimum absolute atomic E-state index is 0. The first-order chi connectivity index (χ1) is 16.1. The van der Waals surface area contributed by atoms with Crippen LogP contribution in [0.5, 0.6) is 5.75 Å². The molecule has 0 bridgehead atoms. The summed E-state index contributed by atoms with van der Waals surface area (Å²) in [6.07, 6.45) is 8.63. The van der Waals surface area contributed by atoms with Crippen molar-refractivity contribution >= 4 is 29.6 Å². The SMILES string of the molecule is CC(C)(C)C1=[C-]CC=C1.CC(C)(C)c1cccc(O)c1.Cl.Cl.[CH2]=[Ti].[c-]1ccccc1.[c-]1ccccc1. The van der Waals surface area contributed by atoms with Crippen molar-refractivity contribution in [2.45, 2.75) is 53.4 Å². The monoisotopic (exact) mass is 559 g/mol. The number of hydrogen-bond acceptors (Lipinski definition) is 1. The van der Waals surface area contributed by atoms with Crippen LogP contribution in [0.4, 0.5) is 0 Å². The Morgan fingerprint density at radius 2 is 1.19 bits per heavy atom. The predicted octanol–water partition coefficient (Wildman–Crippen LogP) is 9.19. The summed E-state index contributed by atoms with van der Waals surface area (Å²) in [7, 11) is 0. The first-order valence-electron chi connectivity index (χ1n) is 11.4. The van der Waals surface area contributed by atoms with E-state index in [1.54, 1.807) is 32.1 Å². The third-order valence-electron chi connectivity index (χ3n) is 4.43. The molecule has 196 valence electrons. The zero-order valence-corrected chi connectivity index (χ0v) is 25.6. The van der Waals surface area contributed by atoms with E-state index in [4.69, 9.17) is 0 Å². The van der Waals surface area contributed by atoms with Crippen molar-refractivity contribution in [1.29, 1.82) is 0 Å². The number of phenols is 1. The molecule has 4 rings (SSSR count). The summed E-state index contributed by atoms with van der Waals surface area (Å²) in [5.41, 5.74) is 2.94. The van der Waals surface area contributed by atoms with Crippen LogP contribution < -0.4 is 0 Å². The molecule has 0 unspecified atom stereocenters. The van der Waals surface area contributed by atoms with Crippen LogP contribution in [0.3, 0.4) is 0 Å². The van der Waals surface area contributed by atoms with Crippen molar-refractivity contribution in [3.63, 3.8) is 0 Å². The summed E-state index contributed by atoms with van der Waals surface area (Å²) in [5, 5.41) is 9.18. The molecule has 0 aromatic heterocycles. The number of aromatic hydroxyl groups is 1. The Morgan fingerprint density at radius 3 is 1.39 bits per heavy atom. The predicted molar refractivity (Wildman–Crippen MR) is 159 cm³/mol. The van der Waals surface area contributed by atoms with E-state index in [-0.39, 0.29) is 30.2 Å². The van der Waals surface area contributed by atoms with E-state index in [9.17, 15) is 5.11 Å². The van der Waals surface area contributed by atoms with Crippen LogP contribution >= 0.6 is 24.8 Å². The third-order valence-corrected chi connectivity index (χ3v) is 4.43. The molecule has 0 spiro atoms. The Balaban J connectivity index is -0.000000397. The molecule has 0 saturated heterocycles. The average molecular weight is 560 g/mol. The summed E-state index contributed by atoms with van der Waals surface area (Å²) >= 11 is 1.75. The van der Waals surface area contributed by atoms with Crippen molar-refractivity contribution in [1.82, 2.24) is 0 Å². The van der Waals surface area contributed by atoms with Gasteiger partial charge in [0.15, 0.2) is 0 Å². The largest absolute Gasteiger partial charge is 0.184 e. The van der Waals surface area contributed by atoms with Gasteiger partial charge >= 0.3 is 24.8 Å². The van der Waals surface area contributed by atoms with Gasteiger partial charge in [0.1, 0.15) is 5.75 Å². The minimum Gasteiger partial charge on any atom is -0.184 e. The van der Waals surface area contributed by atoms with Gasteiger partial charge in [0.05, 0.1) is 0 Å². The topological polar surface area (TPSA) is 20.2 Å². The van der Waals surface area contributed by atoms with Crippen LogP contribution in [0, 0.1) is 23.6 Å². The molecular weight excluding hydrogens is 519 g/mol. The average Bonchev–Trinajstić information content (AvgIpc) is 3.39. The van der Waals surface area contributed by atoms with Gasteiger partial charge in [-0.15, -0.1) is 31.2 Å².